The van der Waals surface area contributed by atoms with Crippen LogP contribution in [0.2, 0.25) is 0 Å². The van der Waals surface area contributed by atoms with E-state index in [0.717, 1.165) is 12.1 Å². The summed E-state index contributed by atoms with van der Waals surface area (Å²) >= 11 is 0. The number of esters is 1. The number of benzene rings is 1. The Morgan fingerprint density at radius 3 is 2.50 bits per heavy atom. The summed E-state index contributed by atoms with van der Waals surface area (Å²) in [5.74, 6) is -6.37. The van der Waals surface area contributed by atoms with Gasteiger partial charge in [0.2, 0.25) is 0 Å². The Morgan fingerprint density at radius 1 is 1.25 bits per heavy atom. The molecule has 0 saturated carbocycles. The van der Waals surface area contributed by atoms with Gasteiger partial charge in [-0.25, -0.2) is 8.78 Å². The lowest BCUT2D eigenvalue weighted by Crippen LogP contribution is -2.53. The van der Waals surface area contributed by atoms with Crippen LogP contribution in [0.1, 0.15) is 35.7 Å². The number of rotatable bonds is 2. The molecular weight excluding hydrogens is 322 g/mol. The first-order valence-corrected chi connectivity index (χ1v) is 7.75. The topological polar surface area (TPSA) is 69.7 Å². The summed E-state index contributed by atoms with van der Waals surface area (Å²) in [6, 6.07) is 1.66. The van der Waals surface area contributed by atoms with E-state index in [4.69, 9.17) is 9.47 Å². The SMILES string of the molecule is CCOC(=O)C1C(=O)c2cc(F)c(F)cc2C2(CCOCC2)C1=O. The molecular formula is C17H16F2O5. The summed E-state index contributed by atoms with van der Waals surface area (Å²) < 4.78 is 37.5. The van der Waals surface area contributed by atoms with Crippen LogP contribution < -0.4 is 0 Å². The zero-order valence-electron chi connectivity index (χ0n) is 13.1. The molecule has 1 heterocycles. The van der Waals surface area contributed by atoms with Gasteiger partial charge in [-0.15, -0.1) is 0 Å². The first-order chi connectivity index (χ1) is 11.4. The highest BCUT2D eigenvalue weighted by Gasteiger charge is 2.55. The Balaban J connectivity index is 2.20. The van der Waals surface area contributed by atoms with Crippen molar-refractivity contribution in [2.75, 3.05) is 19.8 Å². The zero-order valence-corrected chi connectivity index (χ0v) is 13.1. The molecule has 7 heteroatoms. The van der Waals surface area contributed by atoms with Crippen molar-refractivity contribution in [2.24, 2.45) is 5.92 Å². The van der Waals surface area contributed by atoms with Gasteiger partial charge in [-0.2, -0.15) is 0 Å². The predicted octanol–water partition coefficient (Wildman–Crippen LogP) is 1.96. The van der Waals surface area contributed by atoms with Gasteiger partial charge < -0.3 is 9.47 Å². The third-order valence-corrected chi connectivity index (χ3v) is 4.71. The van der Waals surface area contributed by atoms with Crippen molar-refractivity contribution in [3.05, 3.63) is 34.9 Å². The first kappa shape index (κ1) is 16.7. The zero-order chi connectivity index (χ0) is 17.5. The van der Waals surface area contributed by atoms with Crippen molar-refractivity contribution >= 4 is 17.5 Å². The standard InChI is InChI=1S/C17H16F2O5/c1-2-24-16(22)13-14(20)9-7-11(18)12(19)8-10(9)17(15(13)21)3-5-23-6-4-17/h7-8,13H,2-6H2,1H3. The van der Waals surface area contributed by atoms with Crippen molar-refractivity contribution in [1.82, 2.24) is 0 Å². The Morgan fingerprint density at radius 2 is 1.88 bits per heavy atom. The molecule has 0 amide bonds. The van der Waals surface area contributed by atoms with Crippen LogP contribution in [-0.2, 0) is 24.5 Å². The number of halogens is 2. The van der Waals surface area contributed by atoms with E-state index >= 15 is 0 Å². The number of carbonyl (C=O) groups is 3. The number of carbonyl (C=O) groups excluding carboxylic acids is 3. The van der Waals surface area contributed by atoms with E-state index in [0.29, 0.717) is 0 Å². The average Bonchev–Trinajstić information content (AvgIpc) is 2.56. The maximum Gasteiger partial charge on any atom is 0.324 e. The van der Waals surface area contributed by atoms with Gasteiger partial charge in [-0.1, -0.05) is 0 Å². The van der Waals surface area contributed by atoms with Crippen molar-refractivity contribution in [2.45, 2.75) is 25.2 Å². The Hall–Kier alpha value is -2.15. The highest BCUT2D eigenvalue weighted by Crippen LogP contribution is 2.45. The van der Waals surface area contributed by atoms with Crippen LogP contribution in [0.15, 0.2) is 12.1 Å². The smallest absolute Gasteiger partial charge is 0.324 e. The molecule has 3 rings (SSSR count). The summed E-state index contributed by atoms with van der Waals surface area (Å²) in [5, 5.41) is 0. The Kier molecular flexibility index (Phi) is 4.21. The van der Waals surface area contributed by atoms with Crippen molar-refractivity contribution < 1.29 is 32.6 Å². The average molecular weight is 338 g/mol. The van der Waals surface area contributed by atoms with E-state index in [-0.39, 0.29) is 43.8 Å². The van der Waals surface area contributed by atoms with Gasteiger partial charge in [0.15, 0.2) is 29.1 Å². The molecule has 1 aliphatic heterocycles. The van der Waals surface area contributed by atoms with Gasteiger partial charge in [-0.05, 0) is 37.5 Å². The molecule has 1 fully saturated rings. The Labute approximate surface area is 136 Å². The maximum atomic E-state index is 13.8. The largest absolute Gasteiger partial charge is 0.465 e. The second-order valence-electron chi connectivity index (χ2n) is 5.92. The summed E-state index contributed by atoms with van der Waals surface area (Å²) in [5.41, 5.74) is -1.22. The third kappa shape index (κ3) is 2.34. The lowest BCUT2D eigenvalue weighted by Gasteiger charge is -2.41. The lowest BCUT2D eigenvalue weighted by atomic mass is 9.61. The molecule has 24 heavy (non-hydrogen) atoms. The van der Waals surface area contributed by atoms with E-state index < -0.39 is 40.5 Å². The fourth-order valence-corrected chi connectivity index (χ4v) is 3.51. The van der Waals surface area contributed by atoms with Gasteiger partial charge in [-0.3, -0.25) is 14.4 Å². The van der Waals surface area contributed by atoms with Gasteiger partial charge in [0.1, 0.15) is 0 Å². The molecule has 5 nitrogen and oxygen atoms in total. The normalized spacial score (nSPS) is 22.4. The van der Waals surface area contributed by atoms with Crippen LogP contribution in [0.5, 0.6) is 0 Å². The highest BCUT2D eigenvalue weighted by molar-refractivity contribution is 6.28. The van der Waals surface area contributed by atoms with E-state index in [1.807, 2.05) is 0 Å². The minimum absolute atomic E-state index is 0.0106. The molecule has 1 unspecified atom stereocenters. The molecule has 1 aliphatic carbocycles. The van der Waals surface area contributed by atoms with Crippen LogP contribution in [0.25, 0.3) is 0 Å². The van der Waals surface area contributed by atoms with Crippen LogP contribution >= 0.6 is 0 Å². The number of hydrogen-bond acceptors (Lipinski definition) is 5. The van der Waals surface area contributed by atoms with Crippen molar-refractivity contribution in [3.8, 4) is 0 Å². The summed E-state index contributed by atoms with van der Waals surface area (Å²) in [4.78, 5) is 37.7. The predicted molar refractivity (Wildman–Crippen MR) is 77.5 cm³/mol. The molecule has 1 aromatic rings. The number of hydrogen-bond donors (Lipinski definition) is 0. The van der Waals surface area contributed by atoms with Crippen LogP contribution in [0.4, 0.5) is 8.78 Å². The quantitative estimate of drug-likeness (QED) is 0.609. The molecule has 1 atom stereocenters. The summed E-state index contributed by atoms with van der Waals surface area (Å²) in [6.07, 6.45) is 0.403. The van der Waals surface area contributed by atoms with Crippen LogP contribution in [-0.4, -0.2) is 37.4 Å². The third-order valence-electron chi connectivity index (χ3n) is 4.71. The fourth-order valence-electron chi connectivity index (χ4n) is 3.51. The minimum atomic E-state index is -1.64. The second kappa shape index (κ2) is 6.05. The Bertz CT molecular complexity index is 722. The van der Waals surface area contributed by atoms with Crippen molar-refractivity contribution in [3.63, 3.8) is 0 Å². The number of fused-ring (bicyclic) bond motifs is 2. The van der Waals surface area contributed by atoms with Crippen LogP contribution in [0.3, 0.4) is 0 Å². The number of Topliss-reactive ketones (excluding diaryl/α,β-unsaturated/α-hetero) is 2. The monoisotopic (exact) mass is 338 g/mol. The lowest BCUT2D eigenvalue weighted by molar-refractivity contribution is -0.152. The maximum absolute atomic E-state index is 13.8. The van der Waals surface area contributed by atoms with Gasteiger partial charge >= 0.3 is 5.97 Å². The fraction of sp³-hybridized carbons (Fsp3) is 0.471. The molecule has 128 valence electrons. The molecule has 0 aromatic heterocycles. The highest BCUT2D eigenvalue weighted by atomic mass is 19.2. The van der Waals surface area contributed by atoms with Gasteiger partial charge in [0.25, 0.3) is 0 Å². The molecule has 1 aromatic carbocycles. The van der Waals surface area contributed by atoms with E-state index in [9.17, 15) is 23.2 Å². The first-order valence-electron chi connectivity index (χ1n) is 7.75. The number of ether oxygens (including phenoxy) is 2. The van der Waals surface area contributed by atoms with Crippen molar-refractivity contribution in [1.29, 1.82) is 0 Å². The van der Waals surface area contributed by atoms with Gasteiger partial charge in [0, 0.05) is 18.8 Å². The van der Waals surface area contributed by atoms with Gasteiger partial charge in [0.05, 0.1) is 12.0 Å². The summed E-state index contributed by atoms with van der Waals surface area (Å²) in [6.45, 7) is 2.03. The van der Waals surface area contributed by atoms with E-state index in [2.05, 4.69) is 0 Å². The summed E-state index contributed by atoms with van der Waals surface area (Å²) in [7, 11) is 0. The van der Waals surface area contributed by atoms with Crippen LogP contribution in [0, 0.1) is 17.6 Å². The number of ketones is 2. The van der Waals surface area contributed by atoms with E-state index in [1.54, 1.807) is 6.92 Å². The molecule has 1 saturated heterocycles. The van der Waals surface area contributed by atoms with E-state index in [1.165, 1.54) is 0 Å². The molecule has 0 N–H and O–H groups in total. The molecule has 0 bridgehead atoms. The second-order valence-corrected chi connectivity index (χ2v) is 5.92. The molecule has 0 radical (unpaired) electrons. The molecule has 2 aliphatic rings. The molecule has 1 spiro atoms. The minimum Gasteiger partial charge on any atom is -0.465 e.